The zero-order valence-electron chi connectivity index (χ0n) is 13.5. The highest BCUT2D eigenvalue weighted by Gasteiger charge is 2.11. The van der Waals surface area contributed by atoms with Gasteiger partial charge in [0.15, 0.2) is 0 Å². The highest BCUT2D eigenvalue weighted by atomic mass is 16.5. The zero-order chi connectivity index (χ0) is 16.7. The minimum absolute atomic E-state index is 0.304. The van der Waals surface area contributed by atoms with Crippen LogP contribution in [0.5, 0.6) is 11.5 Å². The summed E-state index contributed by atoms with van der Waals surface area (Å²) >= 11 is 0. The molecule has 0 aromatic heterocycles. The summed E-state index contributed by atoms with van der Waals surface area (Å²) in [5.41, 5.74) is 4.76. The molecule has 23 heavy (non-hydrogen) atoms. The molecule has 5 nitrogen and oxygen atoms in total. The first-order valence-electron chi connectivity index (χ1n) is 7.34. The van der Waals surface area contributed by atoms with Crippen molar-refractivity contribution in [3.63, 3.8) is 0 Å². The lowest BCUT2D eigenvalue weighted by Gasteiger charge is -2.08. The smallest absolute Gasteiger partial charge is 0.275 e. The molecular formula is C18H20N2O3. The summed E-state index contributed by atoms with van der Waals surface area (Å²) in [6.07, 6.45) is 0.693. The van der Waals surface area contributed by atoms with E-state index in [0.717, 1.165) is 17.0 Å². The fourth-order valence-electron chi connectivity index (χ4n) is 2.14. The van der Waals surface area contributed by atoms with E-state index in [0.29, 0.717) is 17.7 Å². The van der Waals surface area contributed by atoms with Gasteiger partial charge in [-0.3, -0.25) is 4.79 Å². The number of methoxy groups -OCH3 is 2. The van der Waals surface area contributed by atoms with Crippen LogP contribution in [0.15, 0.2) is 53.6 Å². The maximum absolute atomic E-state index is 12.3. The minimum Gasteiger partial charge on any atom is -0.497 e. The van der Waals surface area contributed by atoms with Crippen LogP contribution in [0.25, 0.3) is 0 Å². The summed E-state index contributed by atoms with van der Waals surface area (Å²) in [5.74, 6) is 0.992. The molecule has 1 amide bonds. The van der Waals surface area contributed by atoms with Crippen LogP contribution in [0.3, 0.4) is 0 Å². The predicted octanol–water partition coefficient (Wildman–Crippen LogP) is 3.25. The molecule has 2 aromatic carbocycles. The van der Waals surface area contributed by atoms with Crippen LogP contribution in [-0.4, -0.2) is 25.8 Å². The molecule has 5 heteroatoms. The molecule has 0 unspecified atom stereocenters. The van der Waals surface area contributed by atoms with Crippen LogP contribution >= 0.6 is 0 Å². The van der Waals surface area contributed by atoms with E-state index in [9.17, 15) is 4.79 Å². The topological polar surface area (TPSA) is 59.9 Å². The minimum atomic E-state index is -0.304. The van der Waals surface area contributed by atoms with Gasteiger partial charge in [0.05, 0.1) is 25.5 Å². The van der Waals surface area contributed by atoms with Gasteiger partial charge in [-0.05, 0) is 48.4 Å². The Morgan fingerprint density at radius 1 is 1.04 bits per heavy atom. The van der Waals surface area contributed by atoms with E-state index in [-0.39, 0.29) is 5.91 Å². The number of carbonyl (C=O) groups is 1. The number of para-hydroxylation sites is 1. The molecule has 120 valence electrons. The Kier molecular flexibility index (Phi) is 5.74. The fraction of sp³-hybridized carbons (Fsp3) is 0.222. The van der Waals surface area contributed by atoms with Gasteiger partial charge in [-0.15, -0.1) is 0 Å². The number of rotatable bonds is 6. The van der Waals surface area contributed by atoms with Crippen LogP contribution < -0.4 is 14.9 Å². The summed E-state index contributed by atoms with van der Waals surface area (Å²) in [6, 6.07) is 14.6. The molecular weight excluding hydrogens is 292 g/mol. The summed E-state index contributed by atoms with van der Waals surface area (Å²) in [5, 5.41) is 4.24. The molecule has 0 aliphatic rings. The molecule has 0 bridgehead atoms. The number of ether oxygens (including phenoxy) is 2. The lowest BCUT2D eigenvalue weighted by Crippen LogP contribution is -2.20. The molecule has 0 saturated carbocycles. The van der Waals surface area contributed by atoms with Crippen LogP contribution in [0, 0.1) is 0 Å². The third-order valence-corrected chi connectivity index (χ3v) is 3.40. The molecule has 1 N–H and O–H groups in total. The maximum Gasteiger partial charge on any atom is 0.275 e. The number of nitrogens with zero attached hydrogens (tertiary/aromatic N) is 1. The standard InChI is InChI=1S/C18H20N2O3/c1-4-16(13-9-11-14(22-2)12-10-13)19-20-18(21)15-7-5-6-8-17(15)23-3/h5-12H,4H2,1-3H3,(H,20,21)/b19-16-. The van der Waals surface area contributed by atoms with Crippen molar-refractivity contribution >= 4 is 11.6 Å². The molecule has 0 atom stereocenters. The van der Waals surface area contributed by atoms with Crippen molar-refractivity contribution in [1.82, 2.24) is 5.43 Å². The van der Waals surface area contributed by atoms with E-state index in [1.807, 2.05) is 37.3 Å². The third kappa shape index (κ3) is 4.10. The van der Waals surface area contributed by atoms with Crippen molar-refractivity contribution in [2.75, 3.05) is 14.2 Å². The first kappa shape index (κ1) is 16.5. The van der Waals surface area contributed by atoms with Crippen molar-refractivity contribution in [3.05, 3.63) is 59.7 Å². The highest BCUT2D eigenvalue weighted by Crippen LogP contribution is 2.17. The number of nitrogens with one attached hydrogen (secondary N) is 1. The SMILES string of the molecule is CC/C(=N/NC(=O)c1ccccc1OC)c1ccc(OC)cc1. The second kappa shape index (κ2) is 7.98. The van der Waals surface area contributed by atoms with Gasteiger partial charge >= 0.3 is 0 Å². The van der Waals surface area contributed by atoms with Crippen molar-refractivity contribution in [2.45, 2.75) is 13.3 Å². The normalized spacial score (nSPS) is 11.0. The average molecular weight is 312 g/mol. The van der Waals surface area contributed by atoms with E-state index in [4.69, 9.17) is 9.47 Å². The van der Waals surface area contributed by atoms with Crippen molar-refractivity contribution < 1.29 is 14.3 Å². The Labute approximate surface area is 135 Å². The number of amides is 1. The summed E-state index contributed by atoms with van der Waals surface area (Å²) < 4.78 is 10.3. The van der Waals surface area contributed by atoms with Crippen LogP contribution in [0.4, 0.5) is 0 Å². The first-order valence-corrected chi connectivity index (χ1v) is 7.34. The second-order valence-corrected chi connectivity index (χ2v) is 4.78. The van der Waals surface area contributed by atoms with E-state index in [2.05, 4.69) is 10.5 Å². The number of hydrogen-bond donors (Lipinski definition) is 1. The Morgan fingerprint density at radius 3 is 2.35 bits per heavy atom. The van der Waals surface area contributed by atoms with Crippen molar-refractivity contribution in [3.8, 4) is 11.5 Å². The predicted molar refractivity (Wildman–Crippen MR) is 90.3 cm³/mol. The molecule has 2 aromatic rings. The van der Waals surface area contributed by atoms with Crippen molar-refractivity contribution in [2.24, 2.45) is 5.10 Å². The number of hydrogen-bond acceptors (Lipinski definition) is 4. The number of benzene rings is 2. The van der Waals surface area contributed by atoms with Gasteiger partial charge in [0.1, 0.15) is 11.5 Å². The van der Waals surface area contributed by atoms with Crippen molar-refractivity contribution in [1.29, 1.82) is 0 Å². The third-order valence-electron chi connectivity index (χ3n) is 3.40. The van der Waals surface area contributed by atoms with Crippen LogP contribution in [0.2, 0.25) is 0 Å². The molecule has 0 aliphatic carbocycles. The molecule has 0 fully saturated rings. The highest BCUT2D eigenvalue weighted by molar-refractivity contribution is 6.02. The van der Waals surface area contributed by atoms with Crippen LogP contribution in [0.1, 0.15) is 29.3 Å². The van der Waals surface area contributed by atoms with Crippen LogP contribution in [-0.2, 0) is 0 Å². The van der Waals surface area contributed by atoms with E-state index in [1.54, 1.807) is 25.3 Å². The van der Waals surface area contributed by atoms with Gasteiger partial charge in [0.2, 0.25) is 0 Å². The van der Waals surface area contributed by atoms with E-state index < -0.39 is 0 Å². The molecule has 0 aliphatic heterocycles. The fourth-order valence-corrected chi connectivity index (χ4v) is 2.14. The lowest BCUT2D eigenvalue weighted by molar-refractivity contribution is 0.0952. The summed E-state index contributed by atoms with van der Waals surface area (Å²) in [6.45, 7) is 1.98. The van der Waals surface area contributed by atoms with Gasteiger partial charge in [-0.1, -0.05) is 19.1 Å². The quantitative estimate of drug-likeness (QED) is 0.658. The number of carbonyl (C=O) groups excluding carboxylic acids is 1. The van der Waals surface area contributed by atoms with Gasteiger partial charge in [-0.2, -0.15) is 5.10 Å². The Balaban J connectivity index is 2.16. The van der Waals surface area contributed by atoms with E-state index in [1.165, 1.54) is 7.11 Å². The maximum atomic E-state index is 12.3. The molecule has 0 radical (unpaired) electrons. The molecule has 0 heterocycles. The first-order chi connectivity index (χ1) is 11.2. The Hall–Kier alpha value is -2.82. The summed E-state index contributed by atoms with van der Waals surface area (Å²) in [4.78, 5) is 12.3. The molecule has 0 spiro atoms. The van der Waals surface area contributed by atoms with E-state index >= 15 is 0 Å². The largest absolute Gasteiger partial charge is 0.497 e. The number of hydrazone groups is 1. The van der Waals surface area contributed by atoms with Gasteiger partial charge < -0.3 is 9.47 Å². The summed E-state index contributed by atoms with van der Waals surface area (Å²) in [7, 11) is 3.15. The Bertz CT molecular complexity index is 694. The Morgan fingerprint density at radius 2 is 1.74 bits per heavy atom. The average Bonchev–Trinajstić information content (AvgIpc) is 2.62. The van der Waals surface area contributed by atoms with Gasteiger partial charge in [0.25, 0.3) is 5.91 Å². The lowest BCUT2D eigenvalue weighted by atomic mass is 10.1. The monoisotopic (exact) mass is 312 g/mol. The second-order valence-electron chi connectivity index (χ2n) is 4.78. The van der Waals surface area contributed by atoms with Gasteiger partial charge in [0, 0.05) is 0 Å². The molecule has 0 saturated heterocycles. The zero-order valence-corrected chi connectivity index (χ0v) is 13.5. The molecule has 2 rings (SSSR count). The van der Waals surface area contributed by atoms with Gasteiger partial charge in [-0.25, -0.2) is 5.43 Å².